The summed E-state index contributed by atoms with van der Waals surface area (Å²) in [5.41, 5.74) is 1.72. The van der Waals surface area contributed by atoms with Crippen LogP contribution in [-0.2, 0) is 0 Å². The number of anilines is 1. The van der Waals surface area contributed by atoms with E-state index in [-0.39, 0.29) is 0 Å². The van der Waals surface area contributed by atoms with Gasteiger partial charge in [0.05, 0.1) is 5.69 Å². The van der Waals surface area contributed by atoms with Crippen LogP contribution >= 0.6 is 11.8 Å². The van der Waals surface area contributed by atoms with Gasteiger partial charge >= 0.3 is 0 Å². The molecule has 0 amide bonds. The fraction of sp³-hybridized carbons (Fsp3) is 0.250. The lowest BCUT2D eigenvalue weighted by Gasteiger charge is -2.19. The van der Waals surface area contributed by atoms with Gasteiger partial charge in [-0.2, -0.15) is 5.26 Å². The van der Waals surface area contributed by atoms with Crippen LogP contribution in [0.2, 0.25) is 0 Å². The van der Waals surface area contributed by atoms with E-state index in [4.69, 9.17) is 0 Å². The smallest absolute Gasteiger partial charge is 0.121 e. The quantitative estimate of drug-likeness (QED) is 0.860. The van der Waals surface area contributed by atoms with Crippen molar-refractivity contribution >= 4 is 17.4 Å². The summed E-state index contributed by atoms with van der Waals surface area (Å²) in [6, 6.07) is 14.4. The maximum absolute atomic E-state index is 9.51. The highest BCUT2D eigenvalue weighted by molar-refractivity contribution is 7.99. The average Bonchev–Trinajstić information content (AvgIpc) is 3.02. The largest absolute Gasteiger partial charge is 0.370 e. The number of pyridine rings is 1. The van der Waals surface area contributed by atoms with Gasteiger partial charge < -0.3 is 4.90 Å². The molecule has 1 saturated heterocycles. The molecule has 0 saturated carbocycles. The van der Waals surface area contributed by atoms with Crippen molar-refractivity contribution in [1.82, 2.24) is 4.98 Å². The zero-order valence-corrected chi connectivity index (χ0v) is 11.9. The van der Waals surface area contributed by atoms with Gasteiger partial charge in [-0.05, 0) is 31.0 Å². The van der Waals surface area contributed by atoms with E-state index in [1.807, 2.05) is 36.4 Å². The van der Waals surface area contributed by atoms with Crippen molar-refractivity contribution in [2.75, 3.05) is 18.0 Å². The second kappa shape index (κ2) is 5.98. The third-order valence-corrected chi connectivity index (χ3v) is 4.42. The second-order valence-electron chi connectivity index (χ2n) is 4.73. The van der Waals surface area contributed by atoms with Crippen LogP contribution in [0.15, 0.2) is 52.5 Å². The van der Waals surface area contributed by atoms with Crippen molar-refractivity contribution in [2.24, 2.45) is 0 Å². The molecule has 4 heteroatoms. The Bertz CT molecular complexity index is 628. The molecule has 0 unspecified atom stereocenters. The van der Waals surface area contributed by atoms with E-state index in [0.29, 0.717) is 5.56 Å². The monoisotopic (exact) mass is 281 g/mol. The van der Waals surface area contributed by atoms with E-state index in [9.17, 15) is 5.26 Å². The maximum Gasteiger partial charge on any atom is 0.121 e. The van der Waals surface area contributed by atoms with Crippen molar-refractivity contribution in [3.05, 3.63) is 48.2 Å². The second-order valence-corrected chi connectivity index (χ2v) is 5.79. The van der Waals surface area contributed by atoms with Crippen molar-refractivity contribution in [2.45, 2.75) is 22.8 Å². The molecule has 1 fully saturated rings. The van der Waals surface area contributed by atoms with E-state index >= 15 is 0 Å². The molecule has 3 nitrogen and oxygen atoms in total. The SMILES string of the molecule is N#Cc1c(N2CCCC2)ccnc1Sc1ccccc1. The van der Waals surface area contributed by atoms with Crippen LogP contribution in [0, 0.1) is 11.3 Å². The Balaban J connectivity index is 1.95. The molecule has 1 aromatic heterocycles. The third kappa shape index (κ3) is 2.63. The molecule has 0 atom stereocenters. The van der Waals surface area contributed by atoms with Gasteiger partial charge in [-0.1, -0.05) is 30.0 Å². The van der Waals surface area contributed by atoms with Crippen LogP contribution in [0.3, 0.4) is 0 Å². The Morgan fingerprint density at radius 3 is 2.55 bits per heavy atom. The summed E-state index contributed by atoms with van der Waals surface area (Å²) in [5, 5.41) is 10.3. The Morgan fingerprint density at radius 2 is 1.85 bits per heavy atom. The molecule has 0 bridgehead atoms. The Labute approximate surface area is 123 Å². The first-order chi connectivity index (χ1) is 9.88. The molecule has 0 aliphatic carbocycles. The molecule has 1 aliphatic heterocycles. The molecule has 3 rings (SSSR count). The van der Waals surface area contributed by atoms with Gasteiger partial charge in [-0.25, -0.2) is 4.98 Å². The fourth-order valence-electron chi connectivity index (χ4n) is 2.44. The van der Waals surface area contributed by atoms with Crippen molar-refractivity contribution in [1.29, 1.82) is 5.26 Å². The predicted molar refractivity (Wildman–Crippen MR) is 81.0 cm³/mol. The Kier molecular flexibility index (Phi) is 3.89. The highest BCUT2D eigenvalue weighted by Crippen LogP contribution is 2.33. The highest BCUT2D eigenvalue weighted by Gasteiger charge is 2.19. The van der Waals surface area contributed by atoms with Gasteiger partial charge in [0.2, 0.25) is 0 Å². The molecule has 1 aliphatic rings. The lowest BCUT2D eigenvalue weighted by molar-refractivity contribution is 0.948. The van der Waals surface area contributed by atoms with E-state index in [1.54, 1.807) is 18.0 Å². The third-order valence-electron chi connectivity index (χ3n) is 3.41. The van der Waals surface area contributed by atoms with Gasteiger partial charge in [-0.3, -0.25) is 0 Å². The number of rotatable bonds is 3. The molecule has 100 valence electrons. The summed E-state index contributed by atoms with van der Waals surface area (Å²) in [7, 11) is 0. The highest BCUT2D eigenvalue weighted by atomic mass is 32.2. The number of hydrogen-bond acceptors (Lipinski definition) is 4. The molecule has 0 N–H and O–H groups in total. The van der Waals surface area contributed by atoms with Crippen molar-refractivity contribution in [3.8, 4) is 6.07 Å². The van der Waals surface area contributed by atoms with Crippen molar-refractivity contribution in [3.63, 3.8) is 0 Å². The topological polar surface area (TPSA) is 39.9 Å². The number of aromatic nitrogens is 1. The Morgan fingerprint density at radius 1 is 1.10 bits per heavy atom. The van der Waals surface area contributed by atoms with E-state index in [0.717, 1.165) is 28.7 Å². The number of nitriles is 1. The zero-order valence-electron chi connectivity index (χ0n) is 11.1. The first kappa shape index (κ1) is 13.0. The van der Waals surface area contributed by atoms with Crippen molar-refractivity contribution < 1.29 is 0 Å². The molecule has 0 spiro atoms. The summed E-state index contributed by atoms with van der Waals surface area (Å²) in [6.45, 7) is 2.07. The van der Waals surface area contributed by atoms with Gasteiger partial charge in [0.1, 0.15) is 16.7 Å². The summed E-state index contributed by atoms with van der Waals surface area (Å²) in [6.07, 6.45) is 4.21. The normalized spacial score (nSPS) is 14.2. The molecule has 2 aromatic rings. The summed E-state index contributed by atoms with van der Waals surface area (Å²) in [5.74, 6) is 0. The first-order valence-corrected chi connectivity index (χ1v) is 7.57. The van der Waals surface area contributed by atoms with Crippen LogP contribution in [0.4, 0.5) is 5.69 Å². The average molecular weight is 281 g/mol. The van der Waals surface area contributed by atoms with Crippen LogP contribution in [0.1, 0.15) is 18.4 Å². The fourth-order valence-corrected chi connectivity index (χ4v) is 3.32. The zero-order chi connectivity index (χ0) is 13.8. The first-order valence-electron chi connectivity index (χ1n) is 6.75. The van der Waals surface area contributed by atoms with Gasteiger partial charge in [0.15, 0.2) is 0 Å². The lowest BCUT2D eigenvalue weighted by atomic mass is 10.2. The predicted octanol–water partition coefficient (Wildman–Crippen LogP) is 3.70. The maximum atomic E-state index is 9.51. The van der Waals surface area contributed by atoms with Crippen LogP contribution in [-0.4, -0.2) is 18.1 Å². The standard InChI is InChI=1S/C16H15N3S/c17-12-14-15(19-10-4-5-11-19)8-9-18-16(14)20-13-6-2-1-3-7-13/h1-3,6-9H,4-5,10-11H2. The number of hydrogen-bond donors (Lipinski definition) is 0. The van der Waals surface area contributed by atoms with Crippen LogP contribution in [0.5, 0.6) is 0 Å². The molecule has 0 radical (unpaired) electrons. The van der Waals surface area contributed by atoms with Crippen LogP contribution in [0.25, 0.3) is 0 Å². The minimum absolute atomic E-state index is 0.697. The Hall–Kier alpha value is -1.99. The van der Waals surface area contributed by atoms with E-state index in [1.165, 1.54) is 12.8 Å². The molecule has 20 heavy (non-hydrogen) atoms. The molecular formula is C16H15N3S. The van der Waals surface area contributed by atoms with Gasteiger partial charge in [0.25, 0.3) is 0 Å². The lowest BCUT2D eigenvalue weighted by Crippen LogP contribution is -2.19. The summed E-state index contributed by atoms with van der Waals surface area (Å²) >= 11 is 1.55. The minimum Gasteiger partial charge on any atom is -0.370 e. The number of benzene rings is 1. The molecule has 1 aromatic carbocycles. The molecular weight excluding hydrogens is 266 g/mol. The number of nitrogens with zero attached hydrogens (tertiary/aromatic N) is 3. The summed E-state index contributed by atoms with van der Waals surface area (Å²) in [4.78, 5) is 7.78. The summed E-state index contributed by atoms with van der Waals surface area (Å²) < 4.78 is 0. The van der Waals surface area contributed by atoms with Gasteiger partial charge in [0, 0.05) is 24.2 Å². The minimum atomic E-state index is 0.697. The van der Waals surface area contributed by atoms with E-state index < -0.39 is 0 Å². The van der Waals surface area contributed by atoms with Gasteiger partial charge in [-0.15, -0.1) is 0 Å². The van der Waals surface area contributed by atoms with Crippen LogP contribution < -0.4 is 4.90 Å². The van der Waals surface area contributed by atoms with E-state index in [2.05, 4.69) is 16.0 Å². The molecule has 2 heterocycles.